The van der Waals surface area contributed by atoms with Crippen molar-refractivity contribution in [3.8, 4) is 12.3 Å². The van der Waals surface area contributed by atoms with E-state index in [1.54, 1.807) is 0 Å². The van der Waals surface area contributed by atoms with Crippen LogP contribution >= 0.6 is 0 Å². The van der Waals surface area contributed by atoms with Crippen LogP contribution in [0.4, 0.5) is 0 Å². The second-order valence-electron chi connectivity index (χ2n) is 12.8. The maximum absolute atomic E-state index is 12.3. The molecule has 0 spiro atoms. The van der Waals surface area contributed by atoms with Gasteiger partial charge in [-0.15, -0.1) is 6.42 Å². The van der Waals surface area contributed by atoms with Crippen LogP contribution in [0.25, 0.3) is 10.9 Å². The molecular formula is C33H41N3O3. The van der Waals surface area contributed by atoms with Crippen LogP contribution in [0.2, 0.25) is 0 Å². The normalized spacial score (nSPS) is 36.4. The molecule has 2 aromatic rings. The van der Waals surface area contributed by atoms with E-state index in [9.17, 15) is 9.90 Å². The van der Waals surface area contributed by atoms with Crippen LogP contribution < -0.4 is 5.32 Å². The Hall–Kier alpha value is -3.04. The average Bonchev–Trinajstić information content (AvgIpc) is 3.47. The van der Waals surface area contributed by atoms with Gasteiger partial charge in [0.1, 0.15) is 5.60 Å². The molecule has 0 radical (unpaired) electrons. The summed E-state index contributed by atoms with van der Waals surface area (Å²) in [6, 6.07) is 8.19. The number of fused-ring (bicyclic) bond motifs is 6. The second-order valence-corrected chi connectivity index (χ2v) is 12.8. The molecule has 0 aliphatic heterocycles. The van der Waals surface area contributed by atoms with Crippen LogP contribution in [0.5, 0.6) is 0 Å². The zero-order valence-electron chi connectivity index (χ0n) is 23.3. The summed E-state index contributed by atoms with van der Waals surface area (Å²) in [5, 5.41) is 19.7. The molecule has 6 nitrogen and oxygen atoms in total. The highest BCUT2D eigenvalue weighted by Crippen LogP contribution is 2.67. The molecule has 0 unspecified atom stereocenters. The molecule has 1 heterocycles. The van der Waals surface area contributed by atoms with Crippen molar-refractivity contribution in [1.82, 2.24) is 10.3 Å². The number of hydrogen-bond acceptors (Lipinski definition) is 4. The van der Waals surface area contributed by atoms with Crippen molar-refractivity contribution in [3.63, 3.8) is 0 Å². The number of allylic oxidation sites excluding steroid dienone is 2. The number of benzene rings is 1. The number of para-hydroxylation sites is 1. The number of carbonyl (C=O) groups is 1. The molecular weight excluding hydrogens is 486 g/mol. The number of nitrogens with zero attached hydrogens (tertiary/aromatic N) is 1. The van der Waals surface area contributed by atoms with Crippen LogP contribution in [0.1, 0.15) is 70.8 Å². The third-order valence-electron chi connectivity index (χ3n) is 11.1. The number of hydrogen-bond donors (Lipinski definition) is 3. The topological polar surface area (TPSA) is 86.7 Å². The first-order valence-electron chi connectivity index (χ1n) is 14.7. The molecule has 3 fully saturated rings. The first-order valence-corrected chi connectivity index (χ1v) is 14.7. The molecule has 3 saturated carbocycles. The number of H-pyrrole nitrogens is 1. The van der Waals surface area contributed by atoms with Crippen molar-refractivity contribution in [2.45, 2.75) is 77.2 Å². The Bertz CT molecular complexity index is 1370. The van der Waals surface area contributed by atoms with Crippen LogP contribution in [-0.2, 0) is 16.1 Å². The van der Waals surface area contributed by atoms with Crippen molar-refractivity contribution >= 4 is 22.5 Å². The van der Waals surface area contributed by atoms with Gasteiger partial charge in [-0.25, -0.2) is 0 Å². The number of aliphatic hydroxyl groups is 1. The molecule has 39 heavy (non-hydrogen) atoms. The number of terminal acetylenes is 1. The average molecular weight is 528 g/mol. The Labute approximate surface area is 231 Å². The van der Waals surface area contributed by atoms with Gasteiger partial charge in [-0.2, -0.15) is 0 Å². The monoisotopic (exact) mass is 527 g/mol. The molecule has 6 atom stereocenters. The fourth-order valence-corrected chi connectivity index (χ4v) is 8.80. The van der Waals surface area contributed by atoms with Gasteiger partial charge in [0.15, 0.2) is 6.61 Å². The van der Waals surface area contributed by atoms with Crippen molar-refractivity contribution in [2.75, 3.05) is 13.2 Å². The summed E-state index contributed by atoms with van der Waals surface area (Å²) in [5.41, 5.74) is 3.78. The van der Waals surface area contributed by atoms with Crippen molar-refractivity contribution < 1.29 is 14.7 Å². The quantitative estimate of drug-likeness (QED) is 0.341. The van der Waals surface area contributed by atoms with E-state index >= 15 is 0 Å². The number of aromatic nitrogens is 1. The van der Waals surface area contributed by atoms with Crippen LogP contribution in [0.3, 0.4) is 0 Å². The van der Waals surface area contributed by atoms with E-state index in [2.05, 4.69) is 53.4 Å². The maximum atomic E-state index is 12.3. The van der Waals surface area contributed by atoms with E-state index in [4.69, 9.17) is 11.3 Å². The van der Waals surface area contributed by atoms with Gasteiger partial charge in [0.05, 0.1) is 5.71 Å². The zero-order chi connectivity index (χ0) is 27.3. The minimum atomic E-state index is -0.952. The van der Waals surface area contributed by atoms with Crippen LogP contribution in [0.15, 0.2) is 47.3 Å². The lowest BCUT2D eigenvalue weighted by Gasteiger charge is -2.58. The summed E-state index contributed by atoms with van der Waals surface area (Å²) < 4.78 is 0. The molecule has 6 rings (SSSR count). The summed E-state index contributed by atoms with van der Waals surface area (Å²) in [4.78, 5) is 21.1. The fraction of sp³-hybridized carbons (Fsp3) is 0.576. The maximum Gasteiger partial charge on any atom is 0.260 e. The van der Waals surface area contributed by atoms with E-state index < -0.39 is 5.60 Å². The molecule has 1 amide bonds. The van der Waals surface area contributed by atoms with Gasteiger partial charge in [-0.05, 0) is 98.7 Å². The second kappa shape index (κ2) is 9.86. The van der Waals surface area contributed by atoms with E-state index in [0.29, 0.717) is 24.3 Å². The Morgan fingerprint density at radius 2 is 2.00 bits per heavy atom. The molecule has 4 aliphatic rings. The van der Waals surface area contributed by atoms with Crippen LogP contribution in [0, 0.1) is 40.9 Å². The van der Waals surface area contributed by atoms with Crippen molar-refractivity contribution in [2.24, 2.45) is 33.7 Å². The van der Waals surface area contributed by atoms with Gasteiger partial charge < -0.3 is 20.2 Å². The summed E-state index contributed by atoms with van der Waals surface area (Å²) in [6.45, 7) is 5.18. The van der Waals surface area contributed by atoms with Gasteiger partial charge >= 0.3 is 0 Å². The number of carbonyl (C=O) groups excluding carboxylic acids is 1. The summed E-state index contributed by atoms with van der Waals surface area (Å²) >= 11 is 0. The first kappa shape index (κ1) is 26.2. The summed E-state index contributed by atoms with van der Waals surface area (Å²) in [7, 11) is 0. The number of oxime groups is 1. The minimum absolute atomic E-state index is 0.0686. The van der Waals surface area contributed by atoms with E-state index in [-0.39, 0.29) is 23.3 Å². The zero-order valence-corrected chi connectivity index (χ0v) is 23.3. The highest BCUT2D eigenvalue weighted by atomic mass is 16.6. The van der Waals surface area contributed by atoms with Gasteiger partial charge in [-0.1, -0.05) is 48.7 Å². The molecule has 6 heteroatoms. The summed E-state index contributed by atoms with van der Waals surface area (Å²) in [6.07, 6.45) is 18.9. The SMILES string of the molecule is C#C[C@@]1(O)CC[C@H]2[C@@H]3CCC4=C/C(=N/OCC(=O)NCCc5c[nH]c6ccccc56)CC[C@]4(C)[C@H]3CC[C@@]21C. The Balaban J connectivity index is 1.03. The minimum Gasteiger partial charge on any atom is -0.385 e. The largest absolute Gasteiger partial charge is 0.385 e. The summed E-state index contributed by atoms with van der Waals surface area (Å²) in [5.74, 6) is 4.38. The van der Waals surface area contributed by atoms with Crippen molar-refractivity contribution in [1.29, 1.82) is 0 Å². The molecule has 3 N–H and O–H groups in total. The predicted octanol–water partition coefficient (Wildman–Crippen LogP) is 5.53. The first-order chi connectivity index (χ1) is 18.8. The molecule has 1 aromatic heterocycles. The van der Waals surface area contributed by atoms with Gasteiger partial charge in [0.25, 0.3) is 5.91 Å². The molecule has 4 aliphatic carbocycles. The fourth-order valence-electron chi connectivity index (χ4n) is 8.80. The lowest BCUT2D eigenvalue weighted by Crippen LogP contribution is -2.54. The standard InChI is InChI=1S/C33H41N3O3/c1-4-33(38)17-13-28-26-10-9-23-19-24(11-15-31(23,2)27(26)12-16-32(28,33)3)36-39-21-30(37)34-18-14-22-20-35-29-8-6-5-7-25(22)29/h1,5-8,19-20,26-28,35,38H,9-18,21H2,2-3H3,(H,34,37)/b36-24+/t26-,27+,28+,31+,32+,33-/m1/s1. The highest BCUT2D eigenvalue weighted by Gasteiger charge is 2.63. The molecule has 1 aromatic carbocycles. The van der Waals surface area contributed by atoms with Gasteiger partial charge in [-0.3, -0.25) is 4.79 Å². The number of nitrogens with one attached hydrogen (secondary N) is 2. The smallest absolute Gasteiger partial charge is 0.260 e. The van der Waals surface area contributed by atoms with E-state index in [1.165, 1.54) is 16.5 Å². The van der Waals surface area contributed by atoms with Crippen molar-refractivity contribution in [3.05, 3.63) is 47.7 Å². The van der Waals surface area contributed by atoms with E-state index in [1.807, 2.05) is 18.3 Å². The Morgan fingerprint density at radius 1 is 1.18 bits per heavy atom. The number of rotatable bonds is 6. The lowest BCUT2D eigenvalue weighted by atomic mass is 9.46. The Morgan fingerprint density at radius 3 is 2.85 bits per heavy atom. The van der Waals surface area contributed by atoms with Gasteiger partial charge in [0, 0.05) is 29.1 Å². The predicted molar refractivity (Wildman–Crippen MR) is 154 cm³/mol. The molecule has 206 valence electrons. The van der Waals surface area contributed by atoms with Crippen LogP contribution in [-0.4, -0.2) is 40.5 Å². The third kappa shape index (κ3) is 4.30. The lowest BCUT2D eigenvalue weighted by molar-refractivity contribution is -0.125. The Kier molecular flexibility index (Phi) is 6.62. The van der Waals surface area contributed by atoms with E-state index in [0.717, 1.165) is 69.0 Å². The third-order valence-corrected chi connectivity index (χ3v) is 11.1. The highest BCUT2D eigenvalue weighted by molar-refractivity contribution is 5.96. The molecule has 0 saturated heterocycles. The molecule has 0 bridgehead atoms. The van der Waals surface area contributed by atoms with Gasteiger partial charge in [0.2, 0.25) is 0 Å². The number of aromatic amines is 1. The number of amides is 1.